The van der Waals surface area contributed by atoms with E-state index in [1.54, 1.807) is 0 Å². The highest BCUT2D eigenvalue weighted by Gasteiger charge is 2.21. The third kappa shape index (κ3) is 4.79. The van der Waals surface area contributed by atoms with Crippen LogP contribution in [0.25, 0.3) is 10.8 Å². The molecule has 0 heterocycles. The Kier molecular flexibility index (Phi) is 6.32. The summed E-state index contributed by atoms with van der Waals surface area (Å²) in [6.45, 7) is 0.468. The Balaban J connectivity index is 1.61. The Bertz CT molecular complexity index is 922. The zero-order valence-corrected chi connectivity index (χ0v) is 16.3. The maximum atomic E-state index is 12.3. The molecule has 1 amide bonds. The van der Waals surface area contributed by atoms with Crippen molar-refractivity contribution in [3.05, 3.63) is 77.3 Å². The number of likely N-dealkylation sites (N-methyl/N-ethyl adjacent to an activating group) is 1. The first-order valence-electron chi connectivity index (χ1n) is 8.98. The Hall–Kier alpha value is -2.56. The molecule has 3 aromatic rings. The molecule has 2 N–H and O–H groups in total. The molecule has 0 aliphatic rings. The number of quaternary nitrogens is 1. The molecule has 27 heavy (non-hydrogen) atoms. The molecule has 0 spiro atoms. The van der Waals surface area contributed by atoms with Gasteiger partial charge in [0.2, 0.25) is 0 Å². The van der Waals surface area contributed by atoms with Crippen LogP contribution in [0.15, 0.2) is 66.7 Å². The Morgan fingerprint density at radius 2 is 1.74 bits per heavy atom. The molecular formula is C22H24ClN2O2+. The monoisotopic (exact) mass is 383 g/mol. The number of rotatable bonds is 7. The van der Waals surface area contributed by atoms with Gasteiger partial charge >= 0.3 is 0 Å². The molecule has 0 bridgehead atoms. The van der Waals surface area contributed by atoms with E-state index in [4.69, 9.17) is 16.3 Å². The topological polar surface area (TPSA) is 42.8 Å². The minimum Gasteiger partial charge on any atom is -0.483 e. The molecule has 0 saturated carbocycles. The summed E-state index contributed by atoms with van der Waals surface area (Å²) in [7, 11) is 4.10. The number of hydrogen-bond acceptors (Lipinski definition) is 2. The molecule has 0 fully saturated rings. The van der Waals surface area contributed by atoms with Gasteiger partial charge < -0.3 is 15.0 Å². The quantitative estimate of drug-likeness (QED) is 0.658. The standard InChI is InChI=1S/C22H23ClN2O2/c1-25(2)20(18-11-5-6-12-19(18)23)14-24-22(26)15-27-21-13-7-9-16-8-3-4-10-17(16)21/h3-13,20H,14-15H2,1-2H3,(H,24,26)/p+1/t20-/m1/s1. The average Bonchev–Trinajstić information content (AvgIpc) is 2.67. The number of benzene rings is 3. The molecular weight excluding hydrogens is 360 g/mol. The van der Waals surface area contributed by atoms with E-state index >= 15 is 0 Å². The molecule has 3 rings (SSSR count). The van der Waals surface area contributed by atoms with Crippen LogP contribution in [0.5, 0.6) is 5.75 Å². The van der Waals surface area contributed by atoms with Crippen molar-refractivity contribution in [3.63, 3.8) is 0 Å². The van der Waals surface area contributed by atoms with Crippen LogP contribution in [0.2, 0.25) is 5.02 Å². The van der Waals surface area contributed by atoms with Crippen molar-refractivity contribution >= 4 is 28.3 Å². The van der Waals surface area contributed by atoms with Gasteiger partial charge in [0.15, 0.2) is 6.61 Å². The van der Waals surface area contributed by atoms with E-state index < -0.39 is 0 Å². The smallest absolute Gasteiger partial charge is 0.258 e. The lowest BCUT2D eigenvalue weighted by molar-refractivity contribution is -0.890. The summed E-state index contributed by atoms with van der Waals surface area (Å²) >= 11 is 6.32. The van der Waals surface area contributed by atoms with Crippen LogP contribution in [0, 0.1) is 0 Å². The van der Waals surface area contributed by atoms with E-state index in [1.165, 1.54) is 4.90 Å². The van der Waals surface area contributed by atoms with E-state index in [0.717, 1.165) is 16.3 Å². The molecule has 3 aromatic carbocycles. The number of ether oxygens (including phenoxy) is 1. The van der Waals surface area contributed by atoms with Crippen molar-refractivity contribution in [1.29, 1.82) is 0 Å². The van der Waals surface area contributed by atoms with Gasteiger partial charge in [-0.1, -0.05) is 66.2 Å². The highest BCUT2D eigenvalue weighted by Crippen LogP contribution is 2.25. The SMILES string of the molecule is C[NH+](C)[C@H](CNC(=O)COc1cccc2ccccc12)c1ccccc1Cl. The van der Waals surface area contributed by atoms with Crippen molar-refractivity contribution in [2.45, 2.75) is 6.04 Å². The van der Waals surface area contributed by atoms with E-state index in [1.807, 2.05) is 80.8 Å². The lowest BCUT2D eigenvalue weighted by atomic mass is 10.1. The summed E-state index contributed by atoms with van der Waals surface area (Å²) in [6.07, 6.45) is 0. The van der Waals surface area contributed by atoms with E-state index in [9.17, 15) is 4.79 Å². The van der Waals surface area contributed by atoms with Gasteiger partial charge in [-0.2, -0.15) is 0 Å². The van der Waals surface area contributed by atoms with Crippen LogP contribution in [-0.2, 0) is 4.79 Å². The molecule has 4 nitrogen and oxygen atoms in total. The van der Waals surface area contributed by atoms with Crippen molar-refractivity contribution in [1.82, 2.24) is 5.32 Å². The third-order valence-electron chi connectivity index (χ3n) is 4.59. The molecule has 0 unspecified atom stereocenters. The van der Waals surface area contributed by atoms with Gasteiger partial charge in [-0.3, -0.25) is 4.79 Å². The minimum atomic E-state index is -0.152. The van der Waals surface area contributed by atoms with Crippen LogP contribution in [0.4, 0.5) is 0 Å². The number of nitrogens with one attached hydrogen (secondary N) is 2. The average molecular weight is 384 g/mol. The second kappa shape index (κ2) is 8.89. The van der Waals surface area contributed by atoms with Crippen molar-refractivity contribution in [2.75, 3.05) is 27.2 Å². The molecule has 0 aromatic heterocycles. The molecule has 0 aliphatic carbocycles. The predicted octanol–water partition coefficient (Wildman–Crippen LogP) is 2.87. The first-order chi connectivity index (χ1) is 13.1. The first-order valence-corrected chi connectivity index (χ1v) is 9.36. The summed E-state index contributed by atoms with van der Waals surface area (Å²) in [6, 6.07) is 21.6. The van der Waals surface area contributed by atoms with Crippen molar-refractivity contribution in [2.24, 2.45) is 0 Å². The molecule has 1 atom stereocenters. The van der Waals surface area contributed by atoms with Gasteiger partial charge in [0.1, 0.15) is 11.8 Å². The second-order valence-corrected chi connectivity index (χ2v) is 7.13. The van der Waals surface area contributed by atoms with Gasteiger partial charge in [-0.25, -0.2) is 0 Å². The summed E-state index contributed by atoms with van der Waals surface area (Å²) in [4.78, 5) is 13.5. The van der Waals surface area contributed by atoms with Crippen LogP contribution in [0.1, 0.15) is 11.6 Å². The van der Waals surface area contributed by atoms with E-state index in [-0.39, 0.29) is 18.6 Å². The highest BCUT2D eigenvalue weighted by atomic mass is 35.5. The Morgan fingerprint density at radius 3 is 2.52 bits per heavy atom. The third-order valence-corrected chi connectivity index (χ3v) is 4.93. The first kappa shape index (κ1) is 19.2. The summed E-state index contributed by atoms with van der Waals surface area (Å²) in [5.41, 5.74) is 1.02. The molecule has 140 valence electrons. The number of fused-ring (bicyclic) bond motifs is 1. The molecule has 0 radical (unpaired) electrons. The molecule has 0 aliphatic heterocycles. The van der Waals surface area contributed by atoms with E-state index in [2.05, 4.69) is 5.32 Å². The summed E-state index contributed by atoms with van der Waals surface area (Å²) < 4.78 is 5.76. The summed E-state index contributed by atoms with van der Waals surface area (Å²) in [5, 5.41) is 5.77. The zero-order chi connectivity index (χ0) is 19.2. The second-order valence-electron chi connectivity index (χ2n) is 6.72. The van der Waals surface area contributed by atoms with Gasteiger partial charge in [-0.15, -0.1) is 0 Å². The predicted molar refractivity (Wildman–Crippen MR) is 109 cm³/mol. The number of carbonyl (C=O) groups excluding carboxylic acids is 1. The lowest BCUT2D eigenvalue weighted by Gasteiger charge is -2.23. The fraction of sp³-hybridized carbons (Fsp3) is 0.227. The van der Waals surface area contributed by atoms with Crippen molar-refractivity contribution < 1.29 is 14.4 Å². The van der Waals surface area contributed by atoms with Crippen LogP contribution < -0.4 is 15.0 Å². The fourth-order valence-electron chi connectivity index (χ4n) is 3.11. The van der Waals surface area contributed by atoms with Crippen molar-refractivity contribution in [3.8, 4) is 5.75 Å². The fourth-order valence-corrected chi connectivity index (χ4v) is 3.38. The lowest BCUT2D eigenvalue weighted by Crippen LogP contribution is -3.07. The number of hydrogen-bond donors (Lipinski definition) is 2. The van der Waals surface area contributed by atoms with Crippen LogP contribution in [0.3, 0.4) is 0 Å². The molecule has 0 saturated heterocycles. The summed E-state index contributed by atoms with van der Waals surface area (Å²) in [5.74, 6) is 0.561. The van der Waals surface area contributed by atoms with Gasteiger partial charge in [-0.05, 0) is 17.5 Å². The van der Waals surface area contributed by atoms with Crippen LogP contribution >= 0.6 is 11.6 Å². The molecule has 5 heteroatoms. The Morgan fingerprint density at radius 1 is 1.04 bits per heavy atom. The largest absolute Gasteiger partial charge is 0.483 e. The zero-order valence-electron chi connectivity index (χ0n) is 15.5. The normalized spacial score (nSPS) is 12.1. The highest BCUT2D eigenvalue weighted by molar-refractivity contribution is 6.31. The van der Waals surface area contributed by atoms with Crippen LogP contribution in [-0.4, -0.2) is 33.2 Å². The maximum absolute atomic E-state index is 12.3. The Labute approximate surface area is 164 Å². The van der Waals surface area contributed by atoms with Gasteiger partial charge in [0, 0.05) is 16.0 Å². The van der Waals surface area contributed by atoms with E-state index in [0.29, 0.717) is 17.3 Å². The maximum Gasteiger partial charge on any atom is 0.258 e. The van der Waals surface area contributed by atoms with Gasteiger partial charge in [0.05, 0.1) is 20.6 Å². The number of halogens is 1. The minimum absolute atomic E-state index is 0.0218. The number of amides is 1. The number of carbonyl (C=O) groups is 1. The van der Waals surface area contributed by atoms with Gasteiger partial charge in [0.25, 0.3) is 5.91 Å².